The fraction of sp³-hybridized carbons (Fsp3) is 0.741. The predicted octanol–water partition coefficient (Wildman–Crippen LogP) is 15.4. The topological polar surface area (TPSA) is 108 Å². The molecule has 10 heteroatoms. The van der Waals surface area contributed by atoms with Gasteiger partial charge in [-0.25, -0.2) is 4.57 Å². The van der Waals surface area contributed by atoms with Gasteiger partial charge < -0.3 is 18.9 Å². The summed E-state index contributed by atoms with van der Waals surface area (Å²) < 4.78 is 34.3. The molecule has 0 spiro atoms. The molecule has 0 heterocycles. The fourth-order valence-corrected chi connectivity index (χ4v) is 7.41. The molecule has 0 saturated carbocycles. The van der Waals surface area contributed by atoms with Crippen LogP contribution in [0.2, 0.25) is 0 Å². The Hall–Kier alpha value is -2.55. The first-order chi connectivity index (χ1) is 31.0. The summed E-state index contributed by atoms with van der Waals surface area (Å²) in [4.78, 5) is 35.5. The number of carbonyl (C=O) groups is 2. The summed E-state index contributed by atoms with van der Waals surface area (Å²) in [7, 11) is 1.43. The molecule has 0 aromatic heterocycles. The zero-order valence-electron chi connectivity index (χ0n) is 41.7. The minimum atomic E-state index is -4.40. The number of esters is 2. The Morgan fingerprint density at radius 3 is 1.42 bits per heavy atom. The molecule has 2 atom stereocenters. The molecule has 0 rings (SSSR count). The van der Waals surface area contributed by atoms with Crippen molar-refractivity contribution in [3.8, 4) is 0 Å². The zero-order valence-corrected chi connectivity index (χ0v) is 42.6. The molecule has 0 aromatic carbocycles. The van der Waals surface area contributed by atoms with Gasteiger partial charge in [0.1, 0.15) is 19.8 Å². The van der Waals surface area contributed by atoms with Crippen LogP contribution >= 0.6 is 7.82 Å². The number of likely N-dealkylation sites (N-methyl/N-ethyl adjacent to an activating group) is 1. The van der Waals surface area contributed by atoms with E-state index in [1.54, 1.807) is 0 Å². The van der Waals surface area contributed by atoms with E-state index in [1.807, 2.05) is 21.1 Å². The Balaban J connectivity index is 4.34. The monoisotopic (exact) mass is 919 g/mol. The molecule has 0 aliphatic carbocycles. The van der Waals surface area contributed by atoms with E-state index in [4.69, 9.17) is 18.5 Å². The summed E-state index contributed by atoms with van der Waals surface area (Å²) in [6.07, 6.45) is 58.3. The Labute approximate surface area is 393 Å². The molecule has 9 nitrogen and oxygen atoms in total. The molecule has 0 amide bonds. The van der Waals surface area contributed by atoms with Crippen LogP contribution in [0.3, 0.4) is 0 Å². The number of hydrogen-bond donors (Lipinski definition) is 1. The van der Waals surface area contributed by atoms with Crippen molar-refractivity contribution in [3.63, 3.8) is 0 Å². The third-order valence-electron chi connectivity index (χ3n) is 10.7. The summed E-state index contributed by atoms with van der Waals surface area (Å²) in [5.74, 6) is -0.886. The van der Waals surface area contributed by atoms with Crippen LogP contribution in [0.1, 0.15) is 206 Å². The lowest BCUT2D eigenvalue weighted by molar-refractivity contribution is -0.870. The number of hydrogen-bond acceptors (Lipinski definition) is 7. The third-order valence-corrected chi connectivity index (χ3v) is 11.7. The van der Waals surface area contributed by atoms with Gasteiger partial charge in [-0.15, -0.1) is 0 Å². The lowest BCUT2D eigenvalue weighted by Gasteiger charge is -2.24. The van der Waals surface area contributed by atoms with E-state index in [0.29, 0.717) is 23.9 Å². The smallest absolute Gasteiger partial charge is 0.462 e. The highest BCUT2D eigenvalue weighted by atomic mass is 31.2. The Morgan fingerprint density at radius 1 is 0.484 bits per heavy atom. The predicted molar refractivity (Wildman–Crippen MR) is 270 cm³/mol. The fourth-order valence-electron chi connectivity index (χ4n) is 6.67. The number of quaternary nitrogens is 1. The maximum absolute atomic E-state index is 12.7. The molecule has 0 radical (unpaired) electrons. The lowest BCUT2D eigenvalue weighted by Crippen LogP contribution is -2.37. The van der Waals surface area contributed by atoms with Crippen molar-refractivity contribution >= 4 is 19.8 Å². The zero-order chi connectivity index (χ0) is 47.1. The molecule has 0 aliphatic rings. The van der Waals surface area contributed by atoms with Crippen molar-refractivity contribution in [2.75, 3.05) is 47.5 Å². The van der Waals surface area contributed by atoms with E-state index in [-0.39, 0.29) is 26.1 Å². The molecular weight excluding hydrogens is 822 g/mol. The van der Waals surface area contributed by atoms with Crippen LogP contribution < -0.4 is 0 Å². The van der Waals surface area contributed by atoms with Gasteiger partial charge in [0.2, 0.25) is 0 Å². The Kier molecular flexibility index (Phi) is 43.8. The summed E-state index contributed by atoms with van der Waals surface area (Å²) in [6, 6.07) is 0. The average molecular weight is 919 g/mol. The van der Waals surface area contributed by atoms with Crippen LogP contribution in [-0.2, 0) is 32.7 Å². The van der Waals surface area contributed by atoms with Crippen molar-refractivity contribution in [3.05, 3.63) is 72.9 Å². The highest BCUT2D eigenvalue weighted by Gasteiger charge is 2.27. The second-order valence-corrected chi connectivity index (χ2v) is 19.6. The number of unbranched alkanes of at least 4 members (excludes halogenated alkanes) is 20. The number of allylic oxidation sites excluding steroid dienone is 12. The Morgan fingerprint density at radius 2 is 0.906 bits per heavy atom. The molecule has 0 aromatic rings. The number of phosphoric ester groups is 1. The highest BCUT2D eigenvalue weighted by Crippen LogP contribution is 2.43. The average Bonchev–Trinajstić information content (AvgIpc) is 3.25. The van der Waals surface area contributed by atoms with Gasteiger partial charge in [-0.2, -0.15) is 0 Å². The number of nitrogens with zero attached hydrogens (tertiary/aromatic N) is 1. The van der Waals surface area contributed by atoms with Gasteiger partial charge in [0.25, 0.3) is 0 Å². The first-order valence-electron chi connectivity index (χ1n) is 25.7. The van der Waals surface area contributed by atoms with Gasteiger partial charge in [-0.05, 0) is 83.5 Å². The molecule has 0 aliphatic heterocycles. The van der Waals surface area contributed by atoms with Crippen molar-refractivity contribution in [1.29, 1.82) is 0 Å². The van der Waals surface area contributed by atoms with E-state index < -0.39 is 32.5 Å². The van der Waals surface area contributed by atoms with Crippen LogP contribution in [0.4, 0.5) is 0 Å². The number of carbonyl (C=O) groups excluding carboxylic acids is 2. The van der Waals surface area contributed by atoms with E-state index in [9.17, 15) is 19.0 Å². The summed E-state index contributed by atoms with van der Waals surface area (Å²) in [5.41, 5.74) is 0. The van der Waals surface area contributed by atoms with Crippen LogP contribution in [0.15, 0.2) is 72.9 Å². The number of rotatable bonds is 46. The number of phosphoric acid groups is 1. The second-order valence-electron chi connectivity index (χ2n) is 18.2. The molecule has 1 unspecified atom stereocenters. The third kappa shape index (κ3) is 48.9. The maximum Gasteiger partial charge on any atom is 0.472 e. The van der Waals surface area contributed by atoms with Crippen LogP contribution in [-0.4, -0.2) is 74.9 Å². The van der Waals surface area contributed by atoms with Gasteiger partial charge in [0.05, 0.1) is 27.7 Å². The molecule has 0 fully saturated rings. The first kappa shape index (κ1) is 61.5. The van der Waals surface area contributed by atoms with Gasteiger partial charge in [0.15, 0.2) is 6.10 Å². The summed E-state index contributed by atoms with van der Waals surface area (Å²) in [5, 5.41) is 0. The standard InChI is InChI=1S/C54H96NO8P/c1-6-8-10-12-14-16-18-20-22-24-25-26-27-28-29-31-32-34-36-38-40-42-44-46-53(56)60-50-52(51-62-64(58,59)61-49-48-55(3,4)5)63-54(57)47-45-43-41-39-37-35-33-30-23-21-19-17-15-13-11-9-7-2/h11,13,17,19,23,30-32,35,37-38,40,52H,6-10,12,14-16,18,20-22,24-29,33-34,36,39,41-51H2,1-5H3/p+1/b13-11+,19-17+,30-23+,32-31+,37-35+,40-38+/t52-/m0/s1. The Bertz CT molecular complexity index is 1310. The summed E-state index contributed by atoms with van der Waals surface area (Å²) >= 11 is 0. The van der Waals surface area contributed by atoms with Gasteiger partial charge in [-0.1, -0.05) is 183 Å². The van der Waals surface area contributed by atoms with Crippen LogP contribution in [0.5, 0.6) is 0 Å². The van der Waals surface area contributed by atoms with E-state index >= 15 is 0 Å². The molecule has 0 bridgehead atoms. The normalized spacial score (nSPS) is 14.0. The van der Waals surface area contributed by atoms with Gasteiger partial charge in [-0.3, -0.25) is 18.6 Å². The SMILES string of the molecule is CCC/C=C/C/C=C/C/C=C/C/C=C/CCCCCC(=O)O[C@@H](COC(=O)CCC/C=C/CC/C=C/CCCCCCCCCCCCCCCC)COP(=O)(O)OCC[N+](C)(C)C. The first-order valence-corrected chi connectivity index (χ1v) is 27.2. The van der Waals surface area contributed by atoms with Crippen molar-refractivity contribution < 1.29 is 42.1 Å². The maximum atomic E-state index is 12.7. The minimum Gasteiger partial charge on any atom is -0.462 e. The summed E-state index contributed by atoms with van der Waals surface area (Å²) in [6.45, 7) is 4.28. The lowest BCUT2D eigenvalue weighted by atomic mass is 10.0. The van der Waals surface area contributed by atoms with Crippen molar-refractivity contribution in [2.45, 2.75) is 213 Å². The van der Waals surface area contributed by atoms with E-state index in [2.05, 4.69) is 86.8 Å². The molecular formula is C54H97NO8P+. The van der Waals surface area contributed by atoms with Gasteiger partial charge >= 0.3 is 19.8 Å². The van der Waals surface area contributed by atoms with E-state index in [1.165, 1.54) is 96.3 Å². The van der Waals surface area contributed by atoms with Gasteiger partial charge in [0, 0.05) is 12.8 Å². The quantitative estimate of drug-likeness (QED) is 0.0211. The van der Waals surface area contributed by atoms with E-state index in [0.717, 1.165) is 70.6 Å². The number of ether oxygens (including phenoxy) is 2. The van der Waals surface area contributed by atoms with Crippen molar-refractivity contribution in [1.82, 2.24) is 0 Å². The molecule has 64 heavy (non-hydrogen) atoms. The minimum absolute atomic E-state index is 0.0163. The van der Waals surface area contributed by atoms with Crippen LogP contribution in [0.25, 0.3) is 0 Å². The van der Waals surface area contributed by atoms with Crippen molar-refractivity contribution in [2.24, 2.45) is 0 Å². The highest BCUT2D eigenvalue weighted by molar-refractivity contribution is 7.47. The molecule has 1 N–H and O–H groups in total. The molecule has 370 valence electrons. The largest absolute Gasteiger partial charge is 0.472 e. The second kappa shape index (κ2) is 45.6. The van der Waals surface area contributed by atoms with Crippen LogP contribution in [0, 0.1) is 0 Å². The molecule has 0 saturated heterocycles.